The van der Waals surface area contributed by atoms with Crippen molar-refractivity contribution in [2.24, 2.45) is 0 Å². The lowest BCUT2D eigenvalue weighted by atomic mass is 10.2. The molecule has 4 aromatic rings. The summed E-state index contributed by atoms with van der Waals surface area (Å²) in [4.78, 5) is 13.7. The van der Waals surface area contributed by atoms with Gasteiger partial charge in [0.15, 0.2) is 22.8 Å². The van der Waals surface area contributed by atoms with Gasteiger partial charge in [0, 0.05) is 23.2 Å². The second-order valence-electron chi connectivity index (χ2n) is 5.44. The highest BCUT2D eigenvalue weighted by atomic mass is 32.1. The summed E-state index contributed by atoms with van der Waals surface area (Å²) in [5.41, 5.74) is 9.73. The monoisotopic (exact) mass is 352 g/mol. The smallest absolute Gasteiger partial charge is 0.170 e. The number of fused-ring (bicyclic) bond motifs is 1. The summed E-state index contributed by atoms with van der Waals surface area (Å²) in [6, 6.07) is 9.45. The van der Waals surface area contributed by atoms with Crippen molar-refractivity contribution in [3.05, 3.63) is 47.4 Å². The molecule has 0 aliphatic heterocycles. The number of hydrogen-bond acceptors (Lipinski definition) is 7. The van der Waals surface area contributed by atoms with Gasteiger partial charge in [-0.25, -0.2) is 15.0 Å². The molecule has 0 spiro atoms. The molecular weight excluding hydrogens is 336 g/mol. The molecule has 3 aromatic heterocycles. The Hall–Kier alpha value is -2.97. The fraction of sp³-hybridized carbons (Fsp3) is 0.118. The second kappa shape index (κ2) is 6.50. The number of aliphatic hydroxyl groups excluding tert-OH is 1. The highest BCUT2D eigenvalue weighted by Gasteiger charge is 2.15. The highest BCUT2D eigenvalue weighted by Crippen LogP contribution is 2.27. The normalized spacial score (nSPS) is 11.1. The van der Waals surface area contributed by atoms with Crippen LogP contribution in [0.2, 0.25) is 0 Å². The van der Waals surface area contributed by atoms with Crippen LogP contribution in [0.25, 0.3) is 28.2 Å². The van der Waals surface area contributed by atoms with Gasteiger partial charge < -0.3 is 16.2 Å². The third-order valence-corrected chi connectivity index (χ3v) is 4.40. The van der Waals surface area contributed by atoms with Gasteiger partial charge in [-0.05, 0) is 23.6 Å². The maximum Gasteiger partial charge on any atom is 0.170 e. The summed E-state index contributed by atoms with van der Waals surface area (Å²) < 4.78 is 1.92. The van der Waals surface area contributed by atoms with E-state index >= 15 is 0 Å². The molecule has 0 saturated carbocycles. The number of nitrogen functional groups attached to an aromatic ring is 1. The molecule has 4 rings (SSSR count). The van der Waals surface area contributed by atoms with Crippen LogP contribution in [-0.2, 0) is 0 Å². The lowest BCUT2D eigenvalue weighted by molar-refractivity contribution is 0.311. The Labute approximate surface area is 147 Å². The number of imidazole rings is 1. The first kappa shape index (κ1) is 15.6. The topological polar surface area (TPSA) is 102 Å². The molecule has 8 heteroatoms. The van der Waals surface area contributed by atoms with Gasteiger partial charge in [-0.2, -0.15) is 11.3 Å². The van der Waals surface area contributed by atoms with Crippen LogP contribution < -0.4 is 11.1 Å². The van der Waals surface area contributed by atoms with Crippen LogP contribution in [-0.4, -0.2) is 37.8 Å². The van der Waals surface area contributed by atoms with Crippen molar-refractivity contribution in [3.8, 4) is 17.1 Å². The molecule has 0 atom stereocenters. The fourth-order valence-electron chi connectivity index (χ4n) is 2.59. The van der Waals surface area contributed by atoms with Gasteiger partial charge >= 0.3 is 0 Å². The second-order valence-corrected chi connectivity index (χ2v) is 6.22. The number of hydrogen-bond donors (Lipinski definition) is 3. The molecule has 0 saturated heterocycles. The Morgan fingerprint density at radius 1 is 1.24 bits per heavy atom. The molecule has 126 valence electrons. The number of benzene rings is 1. The van der Waals surface area contributed by atoms with Crippen molar-refractivity contribution in [1.82, 2.24) is 19.5 Å². The first-order chi connectivity index (χ1) is 12.3. The summed E-state index contributed by atoms with van der Waals surface area (Å²) in [5.74, 6) is 1.14. The predicted molar refractivity (Wildman–Crippen MR) is 100.0 cm³/mol. The van der Waals surface area contributed by atoms with Crippen molar-refractivity contribution in [2.45, 2.75) is 0 Å². The largest absolute Gasteiger partial charge is 0.399 e. The third-order valence-electron chi connectivity index (χ3n) is 3.73. The minimum Gasteiger partial charge on any atom is -0.399 e. The van der Waals surface area contributed by atoms with Crippen molar-refractivity contribution in [1.29, 1.82) is 0 Å². The summed E-state index contributed by atoms with van der Waals surface area (Å²) in [6.07, 6.45) is 1.73. The fourth-order valence-corrected chi connectivity index (χ4v) is 3.22. The number of thiophene rings is 1. The molecular formula is C17H16N6OS. The average molecular weight is 352 g/mol. The van der Waals surface area contributed by atoms with Crippen LogP contribution in [0.4, 0.5) is 11.5 Å². The molecule has 25 heavy (non-hydrogen) atoms. The Morgan fingerprint density at radius 2 is 2.16 bits per heavy atom. The average Bonchev–Trinajstić information content (AvgIpc) is 3.28. The summed E-state index contributed by atoms with van der Waals surface area (Å²) in [5, 5.41) is 16.3. The molecule has 1 aromatic carbocycles. The van der Waals surface area contributed by atoms with Gasteiger partial charge in [0.25, 0.3) is 0 Å². The Balaban J connectivity index is 1.93. The minimum absolute atomic E-state index is 0.00432. The van der Waals surface area contributed by atoms with Crippen molar-refractivity contribution < 1.29 is 5.11 Å². The van der Waals surface area contributed by atoms with E-state index in [2.05, 4.69) is 15.3 Å². The van der Waals surface area contributed by atoms with Crippen molar-refractivity contribution >= 4 is 34.0 Å². The van der Waals surface area contributed by atoms with Crippen LogP contribution in [0.5, 0.6) is 0 Å². The van der Waals surface area contributed by atoms with Gasteiger partial charge in [0.05, 0.1) is 12.3 Å². The van der Waals surface area contributed by atoms with E-state index in [1.165, 1.54) is 0 Å². The van der Waals surface area contributed by atoms with Gasteiger partial charge in [-0.15, -0.1) is 0 Å². The lowest BCUT2D eigenvalue weighted by Crippen LogP contribution is -2.09. The highest BCUT2D eigenvalue weighted by molar-refractivity contribution is 7.08. The lowest BCUT2D eigenvalue weighted by Gasteiger charge is -2.09. The van der Waals surface area contributed by atoms with Crippen LogP contribution in [0.15, 0.2) is 47.4 Å². The van der Waals surface area contributed by atoms with Crippen LogP contribution in [0.3, 0.4) is 0 Å². The summed E-state index contributed by atoms with van der Waals surface area (Å²) >= 11 is 1.61. The van der Waals surface area contributed by atoms with Crippen LogP contribution in [0.1, 0.15) is 0 Å². The van der Waals surface area contributed by atoms with Crippen molar-refractivity contribution in [3.63, 3.8) is 0 Å². The van der Waals surface area contributed by atoms with Gasteiger partial charge in [0.1, 0.15) is 6.33 Å². The first-order valence-electron chi connectivity index (χ1n) is 7.74. The molecule has 0 amide bonds. The maximum atomic E-state index is 9.13. The molecule has 0 aliphatic carbocycles. The predicted octanol–water partition coefficient (Wildman–Crippen LogP) is 2.53. The van der Waals surface area contributed by atoms with Gasteiger partial charge in [-0.3, -0.25) is 4.57 Å². The van der Waals surface area contributed by atoms with E-state index in [4.69, 9.17) is 15.8 Å². The number of nitrogens with zero attached hydrogens (tertiary/aromatic N) is 4. The minimum atomic E-state index is 0.00432. The number of aromatic nitrogens is 4. The van der Waals surface area contributed by atoms with E-state index in [1.807, 2.05) is 45.7 Å². The third kappa shape index (κ3) is 2.92. The molecule has 4 N–H and O–H groups in total. The quantitative estimate of drug-likeness (QED) is 0.477. The number of rotatable bonds is 5. The van der Waals surface area contributed by atoms with Crippen molar-refractivity contribution in [2.75, 3.05) is 24.2 Å². The summed E-state index contributed by atoms with van der Waals surface area (Å²) in [7, 11) is 0. The molecule has 3 heterocycles. The summed E-state index contributed by atoms with van der Waals surface area (Å²) in [6.45, 7) is 0.387. The number of aliphatic hydroxyl groups is 1. The maximum absolute atomic E-state index is 9.13. The standard InChI is InChI=1S/C17H16N6OS/c18-12-3-1-2-11(8-12)15-21-16(19-5-6-24)14-17(22-15)23(10-20-14)13-4-7-25-9-13/h1-4,7-10,24H,5-6,18H2,(H,19,21,22). The molecule has 0 fully saturated rings. The van der Waals surface area contributed by atoms with Gasteiger partial charge in [0.2, 0.25) is 0 Å². The number of nitrogens with one attached hydrogen (secondary N) is 1. The molecule has 0 unspecified atom stereocenters. The van der Waals surface area contributed by atoms with E-state index in [0.717, 1.165) is 11.3 Å². The van der Waals surface area contributed by atoms with Crippen LogP contribution >= 0.6 is 11.3 Å². The van der Waals surface area contributed by atoms with E-state index in [9.17, 15) is 0 Å². The first-order valence-corrected chi connectivity index (χ1v) is 8.69. The zero-order valence-electron chi connectivity index (χ0n) is 13.3. The van der Waals surface area contributed by atoms with Crippen LogP contribution in [0, 0.1) is 0 Å². The molecule has 0 radical (unpaired) electrons. The molecule has 0 aliphatic rings. The molecule has 0 bridgehead atoms. The Kier molecular flexibility index (Phi) is 4.04. The number of anilines is 2. The van der Waals surface area contributed by atoms with E-state index in [-0.39, 0.29) is 6.61 Å². The molecule has 7 nitrogen and oxygen atoms in total. The van der Waals surface area contributed by atoms with Gasteiger partial charge in [-0.1, -0.05) is 12.1 Å². The van der Waals surface area contributed by atoms with E-state index in [1.54, 1.807) is 17.7 Å². The van der Waals surface area contributed by atoms with E-state index < -0.39 is 0 Å². The Morgan fingerprint density at radius 3 is 2.92 bits per heavy atom. The van der Waals surface area contributed by atoms with E-state index in [0.29, 0.717) is 35.0 Å². The zero-order chi connectivity index (χ0) is 17.2. The number of nitrogens with two attached hydrogens (primary N) is 1. The SMILES string of the molecule is Nc1cccc(-c2nc(NCCO)c3ncn(-c4ccsc4)c3n2)c1. The Bertz CT molecular complexity index is 1010. The zero-order valence-corrected chi connectivity index (χ0v) is 14.1.